The van der Waals surface area contributed by atoms with Crippen LogP contribution in [0.1, 0.15) is 69.7 Å². The number of hydrogen-bond donors (Lipinski definition) is 2. The summed E-state index contributed by atoms with van der Waals surface area (Å²) in [5, 5.41) is 0. The van der Waals surface area contributed by atoms with Crippen LogP contribution in [0.5, 0.6) is 0 Å². The first-order valence-corrected chi connectivity index (χ1v) is 11.7. The summed E-state index contributed by atoms with van der Waals surface area (Å²) in [5.74, 6) is 0. The molecule has 1 heterocycles. The molecule has 5 heteroatoms. The SMILES string of the molecule is C/C(=N\c1c(C)c(C)c(N)c(C)c1C)c1cccc(/C(C)=N/c2c(C)c(C)c(N)c(C)c2C)n1. The molecular formula is C29H37N5. The molecule has 0 saturated heterocycles. The van der Waals surface area contributed by atoms with E-state index in [9.17, 15) is 0 Å². The van der Waals surface area contributed by atoms with Gasteiger partial charge in [0, 0.05) is 11.4 Å². The fourth-order valence-corrected chi connectivity index (χ4v) is 4.27. The molecule has 5 nitrogen and oxygen atoms in total. The van der Waals surface area contributed by atoms with Gasteiger partial charge in [0.2, 0.25) is 0 Å². The van der Waals surface area contributed by atoms with Crippen LogP contribution in [-0.4, -0.2) is 16.4 Å². The predicted octanol–water partition coefficient (Wildman–Crippen LogP) is 6.99. The molecule has 1 aromatic heterocycles. The summed E-state index contributed by atoms with van der Waals surface area (Å²) in [6, 6.07) is 5.99. The molecule has 0 bridgehead atoms. The van der Waals surface area contributed by atoms with E-state index in [-0.39, 0.29) is 0 Å². The maximum absolute atomic E-state index is 6.28. The number of nitrogens with zero attached hydrogens (tertiary/aromatic N) is 3. The first kappa shape index (κ1) is 25.2. The van der Waals surface area contributed by atoms with E-state index in [1.807, 2.05) is 32.0 Å². The zero-order valence-electron chi connectivity index (χ0n) is 22.2. The van der Waals surface area contributed by atoms with E-state index in [1.54, 1.807) is 0 Å². The molecule has 0 unspecified atom stereocenters. The lowest BCUT2D eigenvalue weighted by Gasteiger charge is -2.16. The maximum atomic E-state index is 6.28. The summed E-state index contributed by atoms with van der Waals surface area (Å²) in [6.45, 7) is 20.5. The van der Waals surface area contributed by atoms with Gasteiger partial charge in [0.1, 0.15) is 0 Å². The van der Waals surface area contributed by atoms with E-state index < -0.39 is 0 Å². The van der Waals surface area contributed by atoms with Crippen LogP contribution >= 0.6 is 0 Å². The van der Waals surface area contributed by atoms with E-state index in [2.05, 4.69) is 55.4 Å². The quantitative estimate of drug-likeness (QED) is 0.328. The zero-order chi connectivity index (χ0) is 25.5. The minimum absolute atomic E-state index is 0.830. The third-order valence-corrected chi connectivity index (χ3v) is 7.34. The van der Waals surface area contributed by atoms with E-state index in [1.165, 1.54) is 0 Å². The number of anilines is 2. The molecule has 0 saturated carbocycles. The summed E-state index contributed by atoms with van der Waals surface area (Å²) < 4.78 is 0. The summed E-state index contributed by atoms with van der Waals surface area (Å²) in [7, 11) is 0. The molecule has 0 spiro atoms. The molecule has 0 aliphatic carbocycles. The highest BCUT2D eigenvalue weighted by molar-refractivity contribution is 6.03. The molecule has 0 amide bonds. The van der Waals surface area contributed by atoms with Gasteiger partial charge >= 0.3 is 0 Å². The minimum Gasteiger partial charge on any atom is -0.398 e. The fourth-order valence-electron chi connectivity index (χ4n) is 4.27. The summed E-state index contributed by atoms with van der Waals surface area (Å²) in [6.07, 6.45) is 0. The highest BCUT2D eigenvalue weighted by Crippen LogP contribution is 2.36. The lowest BCUT2D eigenvalue weighted by molar-refractivity contribution is 1.20. The van der Waals surface area contributed by atoms with Crippen LogP contribution in [0.25, 0.3) is 0 Å². The molecule has 178 valence electrons. The highest BCUT2D eigenvalue weighted by Gasteiger charge is 2.15. The number of benzene rings is 2. The van der Waals surface area contributed by atoms with Crippen LogP contribution in [0.3, 0.4) is 0 Å². The predicted molar refractivity (Wildman–Crippen MR) is 148 cm³/mol. The molecule has 3 aromatic rings. The van der Waals surface area contributed by atoms with E-state index in [0.717, 1.165) is 90.1 Å². The third kappa shape index (κ3) is 4.35. The Morgan fingerprint density at radius 2 is 0.853 bits per heavy atom. The Labute approximate surface area is 204 Å². The Balaban J connectivity index is 2.08. The van der Waals surface area contributed by atoms with Gasteiger partial charge in [0.25, 0.3) is 0 Å². The molecule has 2 aromatic carbocycles. The van der Waals surface area contributed by atoms with Crippen molar-refractivity contribution in [1.29, 1.82) is 0 Å². The van der Waals surface area contributed by atoms with Crippen LogP contribution in [0.2, 0.25) is 0 Å². The van der Waals surface area contributed by atoms with Gasteiger partial charge in [-0.15, -0.1) is 0 Å². The average Bonchev–Trinajstić information content (AvgIpc) is 2.84. The van der Waals surface area contributed by atoms with Crippen molar-refractivity contribution in [3.8, 4) is 0 Å². The molecule has 4 N–H and O–H groups in total. The monoisotopic (exact) mass is 455 g/mol. The standard InChI is InChI=1S/C29H37N5/c1-14-18(5)28(19(6)15(2)26(14)30)32-22(9)24-12-11-13-25(34-24)23(10)33-29-20(7)16(3)27(31)17(4)21(29)8/h11-13H,30-31H2,1-10H3/b32-22+,33-23+. The smallest absolute Gasteiger partial charge is 0.0849 e. The lowest BCUT2D eigenvalue weighted by Crippen LogP contribution is -2.06. The van der Waals surface area contributed by atoms with Crippen LogP contribution in [-0.2, 0) is 0 Å². The fraction of sp³-hybridized carbons (Fsp3) is 0.345. The largest absolute Gasteiger partial charge is 0.398 e. The van der Waals surface area contributed by atoms with Crippen molar-refractivity contribution in [3.05, 3.63) is 74.1 Å². The Hall–Kier alpha value is -3.47. The maximum Gasteiger partial charge on any atom is 0.0849 e. The van der Waals surface area contributed by atoms with Crippen molar-refractivity contribution in [1.82, 2.24) is 4.98 Å². The molecule has 34 heavy (non-hydrogen) atoms. The van der Waals surface area contributed by atoms with Gasteiger partial charge in [0.15, 0.2) is 0 Å². The van der Waals surface area contributed by atoms with Gasteiger partial charge in [-0.3, -0.25) is 9.98 Å². The number of hydrogen-bond acceptors (Lipinski definition) is 5. The highest BCUT2D eigenvalue weighted by atomic mass is 14.8. The Kier molecular flexibility index (Phi) is 6.97. The molecule has 0 atom stereocenters. The number of nitrogens with two attached hydrogens (primary N) is 2. The molecule has 3 rings (SSSR count). The Bertz CT molecular complexity index is 1200. The second kappa shape index (κ2) is 9.41. The summed E-state index contributed by atoms with van der Waals surface area (Å²) in [4.78, 5) is 14.9. The minimum atomic E-state index is 0.830. The van der Waals surface area contributed by atoms with Crippen molar-refractivity contribution >= 4 is 34.2 Å². The van der Waals surface area contributed by atoms with Crippen molar-refractivity contribution in [2.75, 3.05) is 11.5 Å². The zero-order valence-corrected chi connectivity index (χ0v) is 22.2. The molecule has 0 aliphatic rings. The first-order chi connectivity index (χ1) is 15.9. The van der Waals surface area contributed by atoms with Gasteiger partial charge < -0.3 is 11.5 Å². The first-order valence-electron chi connectivity index (χ1n) is 11.7. The molecule has 0 radical (unpaired) electrons. The number of aliphatic imine (C=N–C) groups is 2. The third-order valence-electron chi connectivity index (χ3n) is 7.34. The van der Waals surface area contributed by atoms with Gasteiger partial charge in [-0.05, 0) is 126 Å². The van der Waals surface area contributed by atoms with Crippen LogP contribution in [0, 0.1) is 55.4 Å². The Morgan fingerprint density at radius 3 is 1.15 bits per heavy atom. The average molecular weight is 456 g/mol. The van der Waals surface area contributed by atoms with Gasteiger partial charge in [-0.2, -0.15) is 0 Å². The van der Waals surface area contributed by atoms with Crippen LogP contribution in [0.15, 0.2) is 28.2 Å². The van der Waals surface area contributed by atoms with Gasteiger partial charge in [0.05, 0.1) is 34.2 Å². The van der Waals surface area contributed by atoms with Crippen LogP contribution < -0.4 is 11.5 Å². The molecule has 0 aliphatic heterocycles. The van der Waals surface area contributed by atoms with Gasteiger partial charge in [-0.25, -0.2) is 4.98 Å². The summed E-state index contributed by atoms with van der Waals surface area (Å²) >= 11 is 0. The van der Waals surface area contributed by atoms with E-state index in [4.69, 9.17) is 26.4 Å². The second-order valence-corrected chi connectivity index (χ2v) is 9.33. The van der Waals surface area contributed by atoms with Crippen molar-refractivity contribution in [3.63, 3.8) is 0 Å². The van der Waals surface area contributed by atoms with E-state index in [0.29, 0.717) is 0 Å². The Morgan fingerprint density at radius 1 is 0.559 bits per heavy atom. The number of aromatic nitrogens is 1. The normalized spacial score (nSPS) is 12.4. The van der Waals surface area contributed by atoms with Crippen molar-refractivity contribution in [2.24, 2.45) is 9.98 Å². The van der Waals surface area contributed by atoms with Crippen LogP contribution in [0.4, 0.5) is 22.7 Å². The van der Waals surface area contributed by atoms with E-state index >= 15 is 0 Å². The summed E-state index contributed by atoms with van der Waals surface area (Å²) in [5.41, 5.74) is 28.3. The lowest BCUT2D eigenvalue weighted by atomic mass is 9.96. The molecule has 0 fully saturated rings. The second-order valence-electron chi connectivity index (χ2n) is 9.33. The molecular weight excluding hydrogens is 418 g/mol. The topological polar surface area (TPSA) is 89.6 Å². The number of pyridine rings is 1. The van der Waals surface area contributed by atoms with Gasteiger partial charge in [-0.1, -0.05) is 6.07 Å². The van der Waals surface area contributed by atoms with Crippen molar-refractivity contribution in [2.45, 2.75) is 69.2 Å². The number of rotatable bonds is 4. The number of nitrogen functional groups attached to an aromatic ring is 2. The van der Waals surface area contributed by atoms with Crippen molar-refractivity contribution < 1.29 is 0 Å².